The molecule has 4 rings (SSSR count). The summed E-state index contributed by atoms with van der Waals surface area (Å²) in [5.41, 5.74) is 1.80. The second-order valence-electron chi connectivity index (χ2n) is 5.41. The van der Waals surface area contributed by atoms with Crippen molar-refractivity contribution in [2.75, 3.05) is 31.1 Å². The van der Waals surface area contributed by atoms with Crippen LogP contribution >= 0.6 is 0 Å². The van der Waals surface area contributed by atoms with Gasteiger partial charge in [0.1, 0.15) is 12.4 Å². The molecule has 6 nitrogen and oxygen atoms in total. The molecule has 2 aliphatic rings. The predicted octanol–water partition coefficient (Wildman–Crippen LogP) is 1.66. The van der Waals surface area contributed by atoms with E-state index in [-0.39, 0.29) is 12.1 Å². The molecule has 0 radical (unpaired) electrons. The van der Waals surface area contributed by atoms with Gasteiger partial charge < -0.3 is 9.64 Å². The SMILES string of the molecule is O=C1OCCN1C1CCN(c2cnc3ccccc3n2)C1. The minimum Gasteiger partial charge on any atom is -0.448 e. The van der Waals surface area contributed by atoms with Gasteiger partial charge in [0.15, 0.2) is 0 Å². The highest BCUT2D eigenvalue weighted by atomic mass is 16.6. The summed E-state index contributed by atoms with van der Waals surface area (Å²) in [7, 11) is 0. The number of ether oxygens (including phenoxy) is 1. The highest BCUT2D eigenvalue weighted by molar-refractivity contribution is 5.75. The summed E-state index contributed by atoms with van der Waals surface area (Å²) in [5, 5.41) is 0. The number of aromatic nitrogens is 2. The lowest BCUT2D eigenvalue weighted by atomic mass is 10.2. The molecule has 1 atom stereocenters. The minimum absolute atomic E-state index is 0.188. The van der Waals surface area contributed by atoms with Crippen LogP contribution < -0.4 is 4.90 Å². The standard InChI is InChI=1S/C15H16N4O2/c20-15-19(7-8-21-15)11-5-6-18(10-11)14-9-16-12-3-1-2-4-13(12)17-14/h1-4,9,11H,5-8,10H2. The molecular formula is C15H16N4O2. The second-order valence-corrected chi connectivity index (χ2v) is 5.41. The first-order chi connectivity index (χ1) is 10.3. The molecule has 2 fully saturated rings. The maximum absolute atomic E-state index is 11.6. The van der Waals surface area contributed by atoms with Crippen molar-refractivity contribution >= 4 is 22.9 Å². The summed E-state index contributed by atoms with van der Waals surface area (Å²) in [6.45, 7) is 2.88. The zero-order valence-electron chi connectivity index (χ0n) is 11.6. The number of rotatable bonds is 2. The van der Waals surface area contributed by atoms with Gasteiger partial charge in [0.05, 0.1) is 29.8 Å². The lowest BCUT2D eigenvalue weighted by molar-refractivity contribution is 0.150. The first-order valence-corrected chi connectivity index (χ1v) is 7.21. The molecule has 0 bridgehead atoms. The van der Waals surface area contributed by atoms with Gasteiger partial charge in [-0.2, -0.15) is 0 Å². The Hall–Kier alpha value is -2.37. The van der Waals surface area contributed by atoms with Crippen molar-refractivity contribution in [1.29, 1.82) is 0 Å². The van der Waals surface area contributed by atoms with Gasteiger partial charge in [0.25, 0.3) is 0 Å². The van der Waals surface area contributed by atoms with E-state index in [0.717, 1.165) is 36.4 Å². The molecule has 2 saturated heterocycles. The van der Waals surface area contributed by atoms with Crippen LogP contribution in [0.5, 0.6) is 0 Å². The number of fused-ring (bicyclic) bond motifs is 1. The number of carbonyl (C=O) groups is 1. The van der Waals surface area contributed by atoms with Crippen molar-refractivity contribution in [3.8, 4) is 0 Å². The van der Waals surface area contributed by atoms with E-state index in [0.29, 0.717) is 13.2 Å². The Kier molecular flexibility index (Phi) is 2.87. The van der Waals surface area contributed by atoms with E-state index in [1.54, 1.807) is 0 Å². The molecule has 1 amide bonds. The number of carbonyl (C=O) groups excluding carboxylic acids is 1. The van der Waals surface area contributed by atoms with Crippen molar-refractivity contribution in [3.05, 3.63) is 30.5 Å². The van der Waals surface area contributed by atoms with Gasteiger partial charge in [-0.1, -0.05) is 12.1 Å². The molecule has 0 aliphatic carbocycles. The maximum Gasteiger partial charge on any atom is 0.410 e. The average Bonchev–Trinajstić information content (AvgIpc) is 3.15. The van der Waals surface area contributed by atoms with Gasteiger partial charge in [-0.05, 0) is 18.6 Å². The third-order valence-corrected chi connectivity index (χ3v) is 4.16. The zero-order chi connectivity index (χ0) is 14.2. The van der Waals surface area contributed by atoms with Crippen LogP contribution in [0.4, 0.5) is 10.6 Å². The summed E-state index contributed by atoms with van der Waals surface area (Å²) in [5.74, 6) is 0.878. The number of anilines is 1. The van der Waals surface area contributed by atoms with Crippen LogP contribution in [0.2, 0.25) is 0 Å². The predicted molar refractivity (Wildman–Crippen MR) is 78.2 cm³/mol. The van der Waals surface area contributed by atoms with Crippen LogP contribution in [0.3, 0.4) is 0 Å². The Bertz CT molecular complexity index is 690. The molecule has 1 aromatic carbocycles. The van der Waals surface area contributed by atoms with Crippen LogP contribution in [0, 0.1) is 0 Å². The molecule has 2 aromatic rings. The van der Waals surface area contributed by atoms with Crippen molar-refractivity contribution in [2.24, 2.45) is 0 Å². The van der Waals surface area contributed by atoms with Gasteiger partial charge in [0, 0.05) is 13.1 Å². The molecule has 3 heterocycles. The van der Waals surface area contributed by atoms with Gasteiger partial charge in [-0.3, -0.25) is 9.88 Å². The van der Waals surface area contributed by atoms with Crippen LogP contribution in [0.1, 0.15) is 6.42 Å². The molecule has 0 saturated carbocycles. The molecule has 0 spiro atoms. The molecular weight excluding hydrogens is 268 g/mol. The highest BCUT2D eigenvalue weighted by Crippen LogP contribution is 2.24. The molecule has 21 heavy (non-hydrogen) atoms. The van der Waals surface area contributed by atoms with E-state index in [1.807, 2.05) is 35.4 Å². The van der Waals surface area contributed by atoms with E-state index in [2.05, 4.69) is 14.9 Å². The molecule has 6 heteroatoms. The Morgan fingerprint density at radius 3 is 2.86 bits per heavy atom. The van der Waals surface area contributed by atoms with Crippen LogP contribution in [0.15, 0.2) is 30.5 Å². The zero-order valence-corrected chi connectivity index (χ0v) is 11.6. The van der Waals surface area contributed by atoms with Crippen molar-refractivity contribution < 1.29 is 9.53 Å². The number of benzene rings is 1. The Morgan fingerprint density at radius 2 is 2.05 bits per heavy atom. The molecule has 2 aliphatic heterocycles. The smallest absolute Gasteiger partial charge is 0.410 e. The fraction of sp³-hybridized carbons (Fsp3) is 0.400. The van der Waals surface area contributed by atoms with Crippen LogP contribution in [-0.4, -0.2) is 53.2 Å². The van der Waals surface area contributed by atoms with Crippen molar-refractivity contribution in [3.63, 3.8) is 0 Å². The first-order valence-electron chi connectivity index (χ1n) is 7.21. The maximum atomic E-state index is 11.6. The number of cyclic esters (lactones) is 1. The molecule has 108 valence electrons. The van der Waals surface area contributed by atoms with Gasteiger partial charge >= 0.3 is 6.09 Å². The third kappa shape index (κ3) is 2.16. The van der Waals surface area contributed by atoms with Crippen LogP contribution in [0.25, 0.3) is 11.0 Å². The average molecular weight is 284 g/mol. The summed E-state index contributed by atoms with van der Waals surface area (Å²) < 4.78 is 5.02. The Labute approximate surface area is 122 Å². The molecule has 1 unspecified atom stereocenters. The topological polar surface area (TPSA) is 58.6 Å². The van der Waals surface area contributed by atoms with Crippen LogP contribution in [-0.2, 0) is 4.74 Å². The molecule has 0 N–H and O–H groups in total. The number of amides is 1. The van der Waals surface area contributed by atoms with E-state index in [4.69, 9.17) is 4.74 Å². The summed E-state index contributed by atoms with van der Waals surface area (Å²) in [6.07, 6.45) is 2.57. The van der Waals surface area contributed by atoms with E-state index in [9.17, 15) is 4.79 Å². The number of nitrogens with zero attached hydrogens (tertiary/aromatic N) is 4. The van der Waals surface area contributed by atoms with Gasteiger partial charge in [-0.15, -0.1) is 0 Å². The lowest BCUT2D eigenvalue weighted by Crippen LogP contribution is -2.38. The first kappa shape index (κ1) is 12.4. The normalized spacial score (nSPS) is 22.1. The van der Waals surface area contributed by atoms with E-state index in [1.165, 1.54) is 0 Å². The Balaban J connectivity index is 1.55. The fourth-order valence-corrected chi connectivity index (χ4v) is 3.04. The summed E-state index contributed by atoms with van der Waals surface area (Å²) in [6, 6.07) is 8.07. The van der Waals surface area contributed by atoms with E-state index >= 15 is 0 Å². The van der Waals surface area contributed by atoms with Crippen molar-refractivity contribution in [2.45, 2.75) is 12.5 Å². The highest BCUT2D eigenvalue weighted by Gasteiger charge is 2.34. The van der Waals surface area contributed by atoms with Crippen molar-refractivity contribution in [1.82, 2.24) is 14.9 Å². The Morgan fingerprint density at radius 1 is 1.19 bits per heavy atom. The summed E-state index contributed by atoms with van der Waals surface area (Å²) >= 11 is 0. The number of para-hydroxylation sites is 2. The lowest BCUT2D eigenvalue weighted by Gasteiger charge is -2.22. The molecule has 1 aromatic heterocycles. The quantitative estimate of drug-likeness (QED) is 0.839. The van der Waals surface area contributed by atoms with Gasteiger partial charge in [-0.25, -0.2) is 9.78 Å². The monoisotopic (exact) mass is 284 g/mol. The third-order valence-electron chi connectivity index (χ3n) is 4.16. The fourth-order valence-electron chi connectivity index (χ4n) is 3.04. The second kappa shape index (κ2) is 4.87. The largest absolute Gasteiger partial charge is 0.448 e. The number of hydrogen-bond donors (Lipinski definition) is 0. The number of hydrogen-bond acceptors (Lipinski definition) is 5. The minimum atomic E-state index is -0.188. The van der Waals surface area contributed by atoms with E-state index < -0.39 is 0 Å². The summed E-state index contributed by atoms with van der Waals surface area (Å²) in [4.78, 5) is 24.8. The van der Waals surface area contributed by atoms with Gasteiger partial charge in [0.2, 0.25) is 0 Å².